The Balaban J connectivity index is 1.55. The Kier molecular flexibility index (Phi) is 5.08. The summed E-state index contributed by atoms with van der Waals surface area (Å²) in [7, 11) is 0. The lowest BCUT2D eigenvalue weighted by molar-refractivity contribution is -0.0503. The van der Waals surface area contributed by atoms with Gasteiger partial charge in [-0.15, -0.1) is 0 Å². The summed E-state index contributed by atoms with van der Waals surface area (Å²) in [5.74, 6) is 1.55. The van der Waals surface area contributed by atoms with Gasteiger partial charge in [0.05, 0.1) is 6.10 Å². The van der Waals surface area contributed by atoms with Gasteiger partial charge in [0.15, 0.2) is 5.78 Å². The molecule has 1 aromatic rings. The molecule has 1 aliphatic carbocycles. The molecular weight excluding hydrogens is 260 g/mol. The summed E-state index contributed by atoms with van der Waals surface area (Å²) in [6.07, 6.45) is 9.98. The molecule has 1 aliphatic heterocycles. The number of Topliss-reactive ketones (excluding diaryl/α,β-unsaturated/α-hetero) is 1. The lowest BCUT2D eigenvalue weighted by Crippen LogP contribution is -2.34. The van der Waals surface area contributed by atoms with Gasteiger partial charge in [-0.05, 0) is 37.5 Å². The first-order valence-electron chi connectivity index (χ1n) is 8.53. The summed E-state index contributed by atoms with van der Waals surface area (Å²) in [6, 6.07) is 9.72. The van der Waals surface area contributed by atoms with Crippen LogP contribution >= 0.6 is 0 Å². The third-order valence-electron chi connectivity index (χ3n) is 5.17. The fourth-order valence-corrected chi connectivity index (χ4v) is 3.92. The van der Waals surface area contributed by atoms with E-state index < -0.39 is 0 Å². The van der Waals surface area contributed by atoms with E-state index in [2.05, 4.69) is 0 Å². The van der Waals surface area contributed by atoms with Crippen LogP contribution in [0.3, 0.4) is 0 Å². The Morgan fingerprint density at radius 3 is 2.57 bits per heavy atom. The van der Waals surface area contributed by atoms with Crippen molar-refractivity contribution < 1.29 is 9.53 Å². The number of carbonyl (C=O) groups is 1. The molecule has 0 amide bonds. The van der Waals surface area contributed by atoms with E-state index in [1.807, 2.05) is 30.3 Å². The summed E-state index contributed by atoms with van der Waals surface area (Å²) in [5, 5.41) is 0. The second-order valence-electron chi connectivity index (χ2n) is 6.69. The van der Waals surface area contributed by atoms with Crippen LogP contribution in [0, 0.1) is 11.8 Å². The Hall–Kier alpha value is -1.15. The van der Waals surface area contributed by atoms with E-state index in [1.165, 1.54) is 32.1 Å². The van der Waals surface area contributed by atoms with E-state index in [-0.39, 0.29) is 0 Å². The Bertz CT molecular complexity index is 448. The van der Waals surface area contributed by atoms with Crippen molar-refractivity contribution in [1.29, 1.82) is 0 Å². The Morgan fingerprint density at radius 1 is 1.05 bits per heavy atom. The van der Waals surface area contributed by atoms with Gasteiger partial charge in [-0.3, -0.25) is 4.79 Å². The molecule has 2 nitrogen and oxygen atoms in total. The average molecular weight is 286 g/mol. The van der Waals surface area contributed by atoms with Crippen molar-refractivity contribution in [3.63, 3.8) is 0 Å². The maximum Gasteiger partial charge on any atom is 0.163 e. The molecule has 0 radical (unpaired) electrons. The third-order valence-corrected chi connectivity index (χ3v) is 5.17. The minimum Gasteiger partial charge on any atom is -0.378 e. The summed E-state index contributed by atoms with van der Waals surface area (Å²) in [6.45, 7) is 0.841. The zero-order chi connectivity index (χ0) is 14.5. The summed E-state index contributed by atoms with van der Waals surface area (Å²) in [5.41, 5.74) is 0.859. The summed E-state index contributed by atoms with van der Waals surface area (Å²) < 4.78 is 6.02. The number of carbonyl (C=O) groups excluding carboxylic acids is 1. The molecule has 0 aromatic heterocycles. The van der Waals surface area contributed by atoms with Crippen molar-refractivity contribution >= 4 is 5.78 Å². The van der Waals surface area contributed by atoms with E-state index in [4.69, 9.17) is 4.74 Å². The van der Waals surface area contributed by atoms with Crippen LogP contribution in [0.5, 0.6) is 0 Å². The molecular formula is C19H26O2. The molecule has 2 fully saturated rings. The molecule has 2 heteroatoms. The van der Waals surface area contributed by atoms with Crippen molar-refractivity contribution in [2.45, 2.75) is 57.5 Å². The minimum atomic E-state index is 0.296. The quantitative estimate of drug-likeness (QED) is 0.754. The molecule has 114 valence electrons. The van der Waals surface area contributed by atoms with E-state index in [1.54, 1.807) is 0 Å². The van der Waals surface area contributed by atoms with Gasteiger partial charge in [-0.25, -0.2) is 0 Å². The molecule has 0 bridgehead atoms. The molecule has 1 aromatic carbocycles. The lowest BCUT2D eigenvalue weighted by Gasteiger charge is -2.36. The van der Waals surface area contributed by atoms with Crippen LogP contribution in [0.15, 0.2) is 30.3 Å². The third kappa shape index (κ3) is 3.94. The van der Waals surface area contributed by atoms with Crippen molar-refractivity contribution in [3.8, 4) is 0 Å². The predicted molar refractivity (Wildman–Crippen MR) is 84.4 cm³/mol. The van der Waals surface area contributed by atoms with Crippen LogP contribution in [0.2, 0.25) is 0 Å². The fourth-order valence-electron chi connectivity index (χ4n) is 3.92. The largest absolute Gasteiger partial charge is 0.378 e. The van der Waals surface area contributed by atoms with Crippen molar-refractivity contribution in [1.82, 2.24) is 0 Å². The van der Waals surface area contributed by atoms with Gasteiger partial charge in [0.2, 0.25) is 0 Å². The van der Waals surface area contributed by atoms with Crippen LogP contribution in [-0.2, 0) is 4.74 Å². The predicted octanol–water partition coefficient (Wildman–Crippen LogP) is 4.63. The van der Waals surface area contributed by atoms with Crippen molar-refractivity contribution in [2.75, 3.05) is 6.61 Å². The van der Waals surface area contributed by atoms with E-state index in [9.17, 15) is 4.79 Å². The van der Waals surface area contributed by atoms with Gasteiger partial charge in [0.25, 0.3) is 0 Å². The van der Waals surface area contributed by atoms with Crippen LogP contribution in [0.1, 0.15) is 61.7 Å². The second kappa shape index (κ2) is 7.22. The molecule has 3 rings (SSSR count). The number of hydrogen-bond donors (Lipinski definition) is 0. The topological polar surface area (TPSA) is 26.3 Å². The molecule has 0 spiro atoms. The first kappa shape index (κ1) is 14.8. The molecule has 1 saturated carbocycles. The highest BCUT2D eigenvalue weighted by Crippen LogP contribution is 2.35. The first-order valence-corrected chi connectivity index (χ1v) is 8.53. The van der Waals surface area contributed by atoms with Gasteiger partial charge < -0.3 is 4.74 Å². The average Bonchev–Trinajstić information content (AvgIpc) is 2.57. The van der Waals surface area contributed by atoms with Gasteiger partial charge >= 0.3 is 0 Å². The van der Waals surface area contributed by atoms with Crippen molar-refractivity contribution in [3.05, 3.63) is 35.9 Å². The first-order chi connectivity index (χ1) is 10.3. The molecule has 1 saturated heterocycles. The Morgan fingerprint density at radius 2 is 1.81 bits per heavy atom. The van der Waals surface area contributed by atoms with E-state index in [0.29, 0.717) is 24.2 Å². The SMILES string of the molecule is O=C(C[C@H]1CCO[C@@H](C2CCCCC2)C1)c1ccccc1. The smallest absolute Gasteiger partial charge is 0.163 e. The highest BCUT2D eigenvalue weighted by molar-refractivity contribution is 5.96. The molecule has 1 heterocycles. The summed E-state index contributed by atoms with van der Waals surface area (Å²) >= 11 is 0. The highest BCUT2D eigenvalue weighted by Gasteiger charge is 2.31. The van der Waals surface area contributed by atoms with Crippen LogP contribution in [0.25, 0.3) is 0 Å². The monoisotopic (exact) mass is 286 g/mol. The number of rotatable bonds is 4. The molecule has 2 atom stereocenters. The van der Waals surface area contributed by atoms with Crippen molar-refractivity contribution in [2.24, 2.45) is 11.8 Å². The second-order valence-corrected chi connectivity index (χ2v) is 6.69. The van der Waals surface area contributed by atoms with Gasteiger partial charge in [0, 0.05) is 18.6 Å². The zero-order valence-electron chi connectivity index (χ0n) is 12.8. The summed E-state index contributed by atoms with van der Waals surface area (Å²) in [4.78, 5) is 12.4. The lowest BCUT2D eigenvalue weighted by atomic mass is 9.79. The molecule has 0 unspecified atom stereocenters. The maximum atomic E-state index is 12.4. The van der Waals surface area contributed by atoms with Gasteiger partial charge in [-0.2, -0.15) is 0 Å². The Labute approximate surface area is 127 Å². The highest BCUT2D eigenvalue weighted by atomic mass is 16.5. The molecule has 21 heavy (non-hydrogen) atoms. The standard InChI is InChI=1S/C19H26O2/c20-18(16-7-3-1-4-8-16)13-15-11-12-21-19(14-15)17-9-5-2-6-10-17/h1,3-4,7-8,15,17,19H,2,5-6,9-14H2/t15-,19-/m1/s1. The number of benzene rings is 1. The fraction of sp³-hybridized carbons (Fsp3) is 0.632. The normalized spacial score (nSPS) is 27.4. The number of hydrogen-bond acceptors (Lipinski definition) is 2. The van der Waals surface area contributed by atoms with Gasteiger partial charge in [0.1, 0.15) is 0 Å². The van der Waals surface area contributed by atoms with Crippen LogP contribution in [-0.4, -0.2) is 18.5 Å². The van der Waals surface area contributed by atoms with E-state index in [0.717, 1.165) is 30.9 Å². The van der Waals surface area contributed by atoms with E-state index >= 15 is 0 Å². The minimum absolute atomic E-state index is 0.296. The maximum absolute atomic E-state index is 12.4. The number of ether oxygens (including phenoxy) is 1. The molecule has 2 aliphatic rings. The van der Waals surface area contributed by atoms with Gasteiger partial charge in [-0.1, -0.05) is 49.6 Å². The molecule has 0 N–H and O–H groups in total. The van der Waals surface area contributed by atoms with Crippen LogP contribution in [0.4, 0.5) is 0 Å². The van der Waals surface area contributed by atoms with Crippen LogP contribution < -0.4 is 0 Å². The number of ketones is 1. The zero-order valence-corrected chi connectivity index (χ0v) is 12.8.